The number of allylic oxidation sites excluding steroid dienone is 2. The van der Waals surface area contributed by atoms with Crippen molar-refractivity contribution in [1.29, 1.82) is 0 Å². The van der Waals surface area contributed by atoms with Crippen LogP contribution in [0.3, 0.4) is 0 Å². The molecule has 546 valence electrons. The maximum atomic E-state index is 14.1. The molecule has 4 aliphatic carbocycles. The average Bonchev–Trinajstić information content (AvgIpc) is 1.67. The number of rotatable bonds is 22. The van der Waals surface area contributed by atoms with E-state index in [0.29, 0.717) is 43.9 Å². The van der Waals surface area contributed by atoms with E-state index in [4.69, 9.17) is 56.8 Å². The molecule has 10 rings (SSSR count). The highest BCUT2D eigenvalue weighted by molar-refractivity contribution is 5.82. The normalized spacial score (nSPS) is 49.8. The van der Waals surface area contributed by atoms with Crippen molar-refractivity contribution in [2.75, 3.05) is 39.6 Å². The zero-order valence-corrected chi connectivity index (χ0v) is 55.1. The molecule has 0 spiro atoms. The molecule has 30 nitrogen and oxygen atoms in total. The highest BCUT2D eigenvalue weighted by Crippen LogP contribution is 2.73. The second-order valence-electron chi connectivity index (χ2n) is 29.8. The first-order valence-electron chi connectivity index (χ1n) is 33.9. The minimum Gasteiger partial charge on any atom is -0.481 e. The Kier molecular flexibility index (Phi) is 23.9. The van der Waals surface area contributed by atoms with E-state index in [0.717, 1.165) is 37.7 Å². The second-order valence-corrected chi connectivity index (χ2v) is 29.8. The summed E-state index contributed by atoms with van der Waals surface area (Å²) in [6.45, 7) is 15.1. The Balaban J connectivity index is 0.870. The van der Waals surface area contributed by atoms with Crippen LogP contribution in [-0.4, -0.2) is 304 Å². The highest BCUT2D eigenvalue weighted by atomic mass is 16.8. The average molecular weight is 1370 g/mol. The number of aliphatic hydroxyl groups is 16. The summed E-state index contributed by atoms with van der Waals surface area (Å²) in [6.07, 6.45) is -41.7. The smallest absolute Gasteiger partial charge is 0.314 e. The molecule has 0 aromatic heterocycles. The van der Waals surface area contributed by atoms with Crippen molar-refractivity contribution >= 4 is 5.97 Å². The van der Waals surface area contributed by atoms with E-state index in [1.807, 2.05) is 0 Å². The van der Waals surface area contributed by atoms with Gasteiger partial charge in [0, 0.05) is 6.42 Å². The molecule has 2 saturated carbocycles. The number of aliphatic carboxylic acids is 1. The van der Waals surface area contributed by atoms with Gasteiger partial charge < -0.3 is 144 Å². The van der Waals surface area contributed by atoms with Crippen LogP contribution in [0, 0.1) is 45.3 Å². The van der Waals surface area contributed by atoms with Crippen LogP contribution in [0.1, 0.15) is 119 Å². The van der Waals surface area contributed by atoms with Crippen LogP contribution in [0.5, 0.6) is 0 Å². The molecule has 34 unspecified atom stereocenters. The lowest BCUT2D eigenvalue weighted by molar-refractivity contribution is -0.396. The maximum absolute atomic E-state index is 14.1. The molecule has 30 heteroatoms. The summed E-state index contributed by atoms with van der Waals surface area (Å²) in [4.78, 5) is 14.1. The number of aliphatic hydroxyl groups excluding tert-OH is 16. The SMILES string of the molecule is C=C(CCC(C)C1CCC2(C(=O)O)C3=C(CCC12C)C1(C)CCC(OC2OCC(O)C(OC4OC(CO)CC(OC5OC(CO)C(OC6OC(CO)C(O)C(O)C6OC6OCC(O)C(O)C6O)C(O)C5O)C4O)C2OC2OC(CO)C(O)C(O)C2O)C(C)(C)C1CC3)C(C)C. The van der Waals surface area contributed by atoms with Crippen molar-refractivity contribution < 1.29 is 148 Å². The Morgan fingerprint density at radius 2 is 1.08 bits per heavy atom. The number of fused-ring (bicyclic) bond motifs is 4. The lowest BCUT2D eigenvalue weighted by atomic mass is 9.43. The van der Waals surface area contributed by atoms with Gasteiger partial charge in [0.2, 0.25) is 0 Å². The molecule has 6 saturated heterocycles. The Labute approximate surface area is 552 Å². The monoisotopic (exact) mass is 1370 g/mol. The van der Waals surface area contributed by atoms with Gasteiger partial charge in [0.15, 0.2) is 37.7 Å². The molecule has 8 fully saturated rings. The zero-order chi connectivity index (χ0) is 69.3. The fraction of sp³-hybridized carbons (Fsp3) is 0.923. The fourth-order valence-electron chi connectivity index (χ4n) is 18.0. The number of hydrogen-bond donors (Lipinski definition) is 17. The van der Waals surface area contributed by atoms with Crippen LogP contribution in [0.2, 0.25) is 0 Å². The minimum atomic E-state index is -2.11. The van der Waals surface area contributed by atoms with Gasteiger partial charge in [-0.2, -0.15) is 0 Å². The Morgan fingerprint density at radius 3 is 1.74 bits per heavy atom. The van der Waals surface area contributed by atoms with Gasteiger partial charge in [-0.05, 0) is 104 Å². The molecule has 0 radical (unpaired) electrons. The van der Waals surface area contributed by atoms with E-state index in [1.165, 1.54) is 11.1 Å². The molecule has 17 N–H and O–H groups in total. The van der Waals surface area contributed by atoms with Crippen LogP contribution in [0.25, 0.3) is 0 Å². The van der Waals surface area contributed by atoms with Crippen LogP contribution in [0.4, 0.5) is 0 Å². The molecule has 0 amide bonds. The van der Waals surface area contributed by atoms with E-state index in [1.54, 1.807) is 0 Å². The van der Waals surface area contributed by atoms with Crippen LogP contribution in [-0.2, 0) is 61.6 Å². The number of carboxylic acid groups (broad SMARTS) is 1. The third-order valence-electron chi connectivity index (χ3n) is 23.8. The summed E-state index contributed by atoms with van der Waals surface area (Å²) in [5.74, 6) is 0.0713. The van der Waals surface area contributed by atoms with Gasteiger partial charge in [-0.25, -0.2) is 0 Å². The van der Waals surface area contributed by atoms with E-state index >= 15 is 0 Å². The van der Waals surface area contributed by atoms with Crippen molar-refractivity contribution in [3.63, 3.8) is 0 Å². The highest BCUT2D eigenvalue weighted by Gasteiger charge is 2.69. The zero-order valence-electron chi connectivity index (χ0n) is 55.1. The summed E-state index contributed by atoms with van der Waals surface area (Å²) in [5.41, 5.74) is 0.904. The molecule has 34 atom stereocenters. The van der Waals surface area contributed by atoms with Crippen molar-refractivity contribution in [2.24, 2.45) is 45.3 Å². The topological polar surface area (TPSA) is 472 Å². The van der Waals surface area contributed by atoms with Crippen molar-refractivity contribution in [3.05, 3.63) is 23.3 Å². The van der Waals surface area contributed by atoms with Crippen molar-refractivity contribution in [3.8, 4) is 0 Å². The first kappa shape index (κ1) is 75.5. The van der Waals surface area contributed by atoms with Gasteiger partial charge in [0.1, 0.15) is 116 Å². The predicted octanol–water partition coefficient (Wildman–Crippen LogP) is -2.96. The third kappa shape index (κ3) is 13.9. The molecule has 0 bridgehead atoms. The quantitative estimate of drug-likeness (QED) is 0.0482. The molecule has 10 aliphatic rings. The summed E-state index contributed by atoms with van der Waals surface area (Å²) < 4.78 is 72.9. The van der Waals surface area contributed by atoms with E-state index < -0.39 is 239 Å². The van der Waals surface area contributed by atoms with Crippen molar-refractivity contribution in [2.45, 2.75) is 291 Å². The Morgan fingerprint density at radius 1 is 0.526 bits per heavy atom. The molecule has 95 heavy (non-hydrogen) atoms. The van der Waals surface area contributed by atoms with Crippen LogP contribution < -0.4 is 0 Å². The Hall–Kier alpha value is -2.17. The number of ether oxygens (including phenoxy) is 12. The predicted molar refractivity (Wildman–Crippen MR) is 322 cm³/mol. The van der Waals surface area contributed by atoms with E-state index in [9.17, 15) is 91.6 Å². The largest absolute Gasteiger partial charge is 0.481 e. The third-order valence-corrected chi connectivity index (χ3v) is 23.8. The lowest BCUT2D eigenvalue weighted by Crippen LogP contribution is -2.67. The van der Waals surface area contributed by atoms with Gasteiger partial charge in [0.25, 0.3) is 0 Å². The molecular formula is C65H106O30. The van der Waals surface area contributed by atoms with Crippen LogP contribution >= 0.6 is 0 Å². The lowest BCUT2D eigenvalue weighted by Gasteiger charge is -2.62. The van der Waals surface area contributed by atoms with E-state index in [2.05, 4.69) is 55.0 Å². The van der Waals surface area contributed by atoms with Gasteiger partial charge >= 0.3 is 5.97 Å². The van der Waals surface area contributed by atoms with Gasteiger partial charge in [-0.15, -0.1) is 0 Å². The maximum Gasteiger partial charge on any atom is 0.314 e. The van der Waals surface area contributed by atoms with Crippen molar-refractivity contribution in [1.82, 2.24) is 0 Å². The standard InChI is InChI=1S/C65H106O30/c1-26(2)27(3)9-10-28(4)30-14-18-65(61(82)83)32-11-12-39-62(5,6)40(15-16-63(39,7)31(32)13-17-64(30,65)8)91-59-54(95-58-49(80)45(76)42(73)36(21-67)88-58)51(34(71)25-85-59)92-56-44(75)35(19-29(20-66)86-56)87-57-50(81)47(78)52(38(23-69)90-57)93-60-53(46(77)43(74)37(22-68)89-60)94-55-48(79)41(72)33(70)24-84-55/h26,28-30,33-60,66-81H,3,9-25H2,1-2,4-8H3,(H,82,83). The number of hydrogen-bond acceptors (Lipinski definition) is 29. The van der Waals surface area contributed by atoms with Crippen LogP contribution in [0.15, 0.2) is 23.3 Å². The number of carboxylic acids is 1. The fourth-order valence-corrected chi connectivity index (χ4v) is 18.0. The van der Waals surface area contributed by atoms with E-state index in [-0.39, 0.29) is 18.3 Å². The Bertz CT molecular complexity index is 2610. The summed E-state index contributed by atoms with van der Waals surface area (Å²) in [5, 5.41) is 186. The van der Waals surface area contributed by atoms with Gasteiger partial charge in [0.05, 0.1) is 63.4 Å². The molecule has 6 heterocycles. The number of carbonyl (C=O) groups is 1. The summed E-state index contributed by atoms with van der Waals surface area (Å²) in [6, 6.07) is 0. The first-order chi connectivity index (χ1) is 44.8. The summed E-state index contributed by atoms with van der Waals surface area (Å²) in [7, 11) is 0. The van der Waals surface area contributed by atoms with Gasteiger partial charge in [-0.3, -0.25) is 4.79 Å². The summed E-state index contributed by atoms with van der Waals surface area (Å²) >= 11 is 0. The molecular weight excluding hydrogens is 1260 g/mol. The first-order valence-corrected chi connectivity index (χ1v) is 33.9. The second kappa shape index (κ2) is 30.0. The minimum absolute atomic E-state index is 0.0448. The van der Waals surface area contributed by atoms with Gasteiger partial charge in [-0.1, -0.05) is 71.8 Å². The molecule has 0 aromatic carbocycles. The molecule has 0 aromatic rings. The molecule has 6 aliphatic heterocycles.